The van der Waals surface area contributed by atoms with Gasteiger partial charge in [0.2, 0.25) is 5.91 Å². The van der Waals surface area contributed by atoms with E-state index in [0.717, 1.165) is 5.56 Å². The molecule has 3 aromatic rings. The van der Waals surface area contributed by atoms with Crippen molar-refractivity contribution in [2.24, 2.45) is 0 Å². The maximum Gasteiger partial charge on any atom is 0.279 e. The molecule has 1 amide bonds. The molecule has 0 bridgehead atoms. The second-order valence-electron chi connectivity index (χ2n) is 6.95. The molecule has 1 atom stereocenters. The zero-order valence-corrected chi connectivity index (χ0v) is 15.8. The number of carbonyl (C=O) groups is 1. The molecule has 0 aliphatic heterocycles. The van der Waals surface area contributed by atoms with Crippen molar-refractivity contribution in [1.82, 2.24) is 10.3 Å². The fourth-order valence-electron chi connectivity index (χ4n) is 3.22. The first kappa shape index (κ1) is 19.3. The molecule has 1 heterocycles. The number of aromatic hydroxyl groups is 1. The number of phenolic OH excluding ortho intramolecular Hbond substituents is 1. The SMILES string of the molecule is CC(=O)N[C@@H](c1ccc(C(C)C)cc1)c1cc([N+](=O)[O-])c2cccnc2c1O. The molecule has 144 valence electrons. The normalized spacial score (nSPS) is 12.1. The lowest BCUT2D eigenvalue weighted by atomic mass is 9.93. The van der Waals surface area contributed by atoms with Gasteiger partial charge in [-0.25, -0.2) is 0 Å². The molecule has 2 aromatic carbocycles. The predicted octanol–water partition coefficient (Wildman–Crippen LogP) is 4.20. The summed E-state index contributed by atoms with van der Waals surface area (Å²) in [7, 11) is 0. The molecule has 1 aromatic heterocycles. The summed E-state index contributed by atoms with van der Waals surface area (Å²) >= 11 is 0. The van der Waals surface area contributed by atoms with Gasteiger partial charge in [-0.3, -0.25) is 19.9 Å². The molecule has 0 fully saturated rings. The minimum Gasteiger partial charge on any atom is -0.505 e. The number of aromatic nitrogens is 1. The predicted molar refractivity (Wildman–Crippen MR) is 106 cm³/mol. The number of fused-ring (bicyclic) bond motifs is 1. The molecule has 7 nitrogen and oxygen atoms in total. The summed E-state index contributed by atoms with van der Waals surface area (Å²) in [5.41, 5.74) is 2.01. The third-order valence-corrected chi connectivity index (χ3v) is 4.67. The van der Waals surface area contributed by atoms with Crippen LogP contribution in [0.1, 0.15) is 49.4 Å². The van der Waals surface area contributed by atoms with E-state index < -0.39 is 11.0 Å². The van der Waals surface area contributed by atoms with E-state index in [4.69, 9.17) is 0 Å². The van der Waals surface area contributed by atoms with Crippen LogP contribution in [0.3, 0.4) is 0 Å². The van der Waals surface area contributed by atoms with Crippen LogP contribution in [0.2, 0.25) is 0 Å². The second kappa shape index (κ2) is 7.64. The largest absolute Gasteiger partial charge is 0.505 e. The van der Waals surface area contributed by atoms with Gasteiger partial charge < -0.3 is 10.4 Å². The summed E-state index contributed by atoms with van der Waals surface area (Å²) in [4.78, 5) is 27.0. The number of nitro groups is 1. The van der Waals surface area contributed by atoms with Crippen molar-refractivity contribution in [3.63, 3.8) is 0 Å². The fourth-order valence-corrected chi connectivity index (χ4v) is 3.22. The number of amides is 1. The van der Waals surface area contributed by atoms with Gasteiger partial charge in [0.15, 0.2) is 0 Å². The lowest BCUT2D eigenvalue weighted by Gasteiger charge is -2.21. The first-order chi connectivity index (χ1) is 13.3. The smallest absolute Gasteiger partial charge is 0.279 e. The highest BCUT2D eigenvalue weighted by molar-refractivity contribution is 5.93. The Balaban J connectivity index is 2.23. The molecule has 0 saturated carbocycles. The quantitative estimate of drug-likeness (QED) is 0.511. The summed E-state index contributed by atoms with van der Waals surface area (Å²) in [6, 6.07) is 11.3. The molecular weight excluding hydrogens is 358 g/mol. The molecule has 7 heteroatoms. The number of benzene rings is 2. The van der Waals surface area contributed by atoms with Crippen molar-refractivity contribution in [2.45, 2.75) is 32.7 Å². The van der Waals surface area contributed by atoms with Crippen molar-refractivity contribution in [3.05, 3.63) is 75.5 Å². The zero-order valence-electron chi connectivity index (χ0n) is 15.8. The lowest BCUT2D eigenvalue weighted by Crippen LogP contribution is -2.27. The van der Waals surface area contributed by atoms with Crippen LogP contribution in [0.25, 0.3) is 10.9 Å². The van der Waals surface area contributed by atoms with E-state index in [2.05, 4.69) is 24.1 Å². The summed E-state index contributed by atoms with van der Waals surface area (Å²) in [6.07, 6.45) is 1.46. The molecule has 0 unspecified atom stereocenters. The van der Waals surface area contributed by atoms with Gasteiger partial charge in [0.05, 0.1) is 16.4 Å². The number of hydrogen-bond acceptors (Lipinski definition) is 5. The van der Waals surface area contributed by atoms with Gasteiger partial charge in [0, 0.05) is 24.8 Å². The number of nitrogens with zero attached hydrogens (tertiary/aromatic N) is 2. The number of nitro benzene ring substituents is 1. The third-order valence-electron chi connectivity index (χ3n) is 4.67. The van der Waals surface area contributed by atoms with E-state index >= 15 is 0 Å². The Kier molecular flexibility index (Phi) is 5.26. The molecule has 2 N–H and O–H groups in total. The van der Waals surface area contributed by atoms with Crippen LogP contribution in [0, 0.1) is 10.1 Å². The Morgan fingerprint density at radius 2 is 1.82 bits per heavy atom. The number of non-ortho nitro benzene ring substituents is 1. The molecule has 0 spiro atoms. The van der Waals surface area contributed by atoms with Crippen molar-refractivity contribution in [3.8, 4) is 5.75 Å². The minimum absolute atomic E-state index is 0.126. The van der Waals surface area contributed by atoms with Gasteiger partial charge in [-0.15, -0.1) is 0 Å². The third kappa shape index (κ3) is 3.64. The summed E-state index contributed by atoms with van der Waals surface area (Å²) in [5, 5.41) is 25.4. The standard InChI is InChI=1S/C21H21N3O4/c1-12(2)14-6-8-15(9-7-14)19(23-13(3)25)17-11-18(24(27)28)16-5-4-10-22-20(16)21(17)26/h4-12,19,26H,1-3H3,(H,23,25)/t19-/m0/s1. The Labute approximate surface area is 162 Å². The van der Waals surface area contributed by atoms with E-state index in [1.807, 2.05) is 24.3 Å². The topological polar surface area (TPSA) is 105 Å². The average molecular weight is 379 g/mol. The van der Waals surface area contributed by atoms with Gasteiger partial charge in [-0.2, -0.15) is 0 Å². The van der Waals surface area contributed by atoms with Gasteiger partial charge in [0.25, 0.3) is 5.69 Å². The highest BCUT2D eigenvalue weighted by Gasteiger charge is 2.26. The minimum atomic E-state index is -0.746. The van der Waals surface area contributed by atoms with Crippen LogP contribution in [0.4, 0.5) is 5.69 Å². The Bertz CT molecular complexity index is 1050. The van der Waals surface area contributed by atoms with Crippen molar-refractivity contribution in [1.29, 1.82) is 0 Å². The number of rotatable bonds is 5. The van der Waals surface area contributed by atoms with Crippen LogP contribution < -0.4 is 5.32 Å². The molecule has 0 aliphatic rings. The number of carbonyl (C=O) groups excluding carboxylic acids is 1. The molecular formula is C21H21N3O4. The first-order valence-electron chi connectivity index (χ1n) is 8.91. The lowest BCUT2D eigenvalue weighted by molar-refractivity contribution is -0.383. The van der Waals surface area contributed by atoms with Crippen molar-refractivity contribution >= 4 is 22.5 Å². The van der Waals surface area contributed by atoms with Crippen molar-refractivity contribution < 1.29 is 14.8 Å². The van der Waals surface area contributed by atoms with Crippen LogP contribution >= 0.6 is 0 Å². The first-order valence-corrected chi connectivity index (χ1v) is 8.91. The Hall–Kier alpha value is -3.48. The summed E-state index contributed by atoms with van der Waals surface area (Å²) in [6.45, 7) is 5.51. The van der Waals surface area contributed by atoms with Gasteiger partial charge in [-0.05, 0) is 29.2 Å². The molecule has 28 heavy (non-hydrogen) atoms. The maximum atomic E-state index is 11.8. The van der Waals surface area contributed by atoms with Crippen LogP contribution in [-0.2, 0) is 4.79 Å². The highest BCUT2D eigenvalue weighted by atomic mass is 16.6. The number of phenols is 1. The van der Waals surface area contributed by atoms with E-state index in [-0.39, 0.29) is 33.8 Å². The van der Waals surface area contributed by atoms with E-state index in [0.29, 0.717) is 11.5 Å². The Morgan fingerprint density at radius 1 is 1.18 bits per heavy atom. The van der Waals surface area contributed by atoms with Gasteiger partial charge in [0.1, 0.15) is 11.3 Å². The van der Waals surface area contributed by atoms with Crippen molar-refractivity contribution in [2.75, 3.05) is 0 Å². The molecule has 0 saturated heterocycles. The van der Waals surface area contributed by atoms with E-state index in [1.54, 1.807) is 6.07 Å². The summed E-state index contributed by atoms with van der Waals surface area (Å²) in [5.74, 6) is -0.165. The number of pyridine rings is 1. The van der Waals surface area contributed by atoms with Crippen LogP contribution in [0.15, 0.2) is 48.7 Å². The Morgan fingerprint density at radius 3 is 2.39 bits per heavy atom. The highest BCUT2D eigenvalue weighted by Crippen LogP contribution is 2.39. The monoisotopic (exact) mass is 379 g/mol. The van der Waals surface area contributed by atoms with Gasteiger partial charge in [-0.1, -0.05) is 38.1 Å². The zero-order chi connectivity index (χ0) is 20.4. The number of hydrogen-bond donors (Lipinski definition) is 2. The summed E-state index contributed by atoms with van der Waals surface area (Å²) < 4.78 is 0. The number of nitrogens with one attached hydrogen (secondary N) is 1. The second-order valence-corrected chi connectivity index (χ2v) is 6.95. The van der Waals surface area contributed by atoms with E-state index in [1.165, 1.54) is 25.3 Å². The van der Waals surface area contributed by atoms with Crippen LogP contribution in [0.5, 0.6) is 5.75 Å². The average Bonchev–Trinajstić information content (AvgIpc) is 2.66. The maximum absolute atomic E-state index is 11.8. The molecule has 0 aliphatic carbocycles. The van der Waals surface area contributed by atoms with Gasteiger partial charge >= 0.3 is 0 Å². The van der Waals surface area contributed by atoms with E-state index in [9.17, 15) is 20.0 Å². The van der Waals surface area contributed by atoms with Crippen LogP contribution in [-0.4, -0.2) is 20.9 Å². The molecule has 0 radical (unpaired) electrons. The fraction of sp³-hybridized carbons (Fsp3) is 0.238. The molecule has 3 rings (SSSR count).